The number of hydrogen-bond acceptors (Lipinski definition) is 3. The fraction of sp³-hybridized carbons (Fsp3) is 0.0909. The summed E-state index contributed by atoms with van der Waals surface area (Å²) in [6.45, 7) is 1.62. The first-order chi connectivity index (χ1) is 7.04. The molecule has 1 aromatic carbocycles. The highest BCUT2D eigenvalue weighted by Crippen LogP contribution is 2.32. The lowest BCUT2D eigenvalue weighted by Gasteiger charge is -2.16. The van der Waals surface area contributed by atoms with Crippen molar-refractivity contribution >= 4 is 33.2 Å². The van der Waals surface area contributed by atoms with Gasteiger partial charge in [-0.15, -0.1) is 0 Å². The number of rotatable bonds is 0. The Kier molecular flexibility index (Phi) is 2.23. The van der Waals surface area contributed by atoms with E-state index in [-0.39, 0.29) is 11.6 Å². The summed E-state index contributed by atoms with van der Waals surface area (Å²) in [6.07, 6.45) is 0. The third-order valence-electron chi connectivity index (χ3n) is 2.44. The molecule has 76 valence electrons. The van der Waals surface area contributed by atoms with Crippen LogP contribution < -0.4 is 5.73 Å². The van der Waals surface area contributed by atoms with Gasteiger partial charge in [0.1, 0.15) is 0 Å². The largest absolute Gasteiger partial charge is 0.398 e. The molecule has 3 nitrogen and oxygen atoms in total. The number of nitrogen functional groups attached to an aromatic ring is 1. The number of fused-ring (bicyclic) bond motifs is 1. The number of ketones is 2. The topological polar surface area (TPSA) is 60.2 Å². The van der Waals surface area contributed by atoms with Crippen molar-refractivity contribution in [1.82, 2.24) is 0 Å². The Morgan fingerprint density at radius 1 is 1.20 bits per heavy atom. The third kappa shape index (κ3) is 1.33. The molecule has 0 fully saturated rings. The van der Waals surface area contributed by atoms with Crippen LogP contribution in [0.3, 0.4) is 0 Å². The summed E-state index contributed by atoms with van der Waals surface area (Å²) in [4.78, 5) is 23.7. The first-order valence-corrected chi connectivity index (χ1v) is 5.17. The number of Topliss-reactive ketones (excluding diaryl/α,β-unsaturated/α-hetero) is 2. The normalized spacial score (nSPS) is 15.6. The molecule has 15 heavy (non-hydrogen) atoms. The van der Waals surface area contributed by atoms with E-state index in [1.165, 1.54) is 0 Å². The minimum Gasteiger partial charge on any atom is -0.398 e. The van der Waals surface area contributed by atoms with Crippen molar-refractivity contribution in [3.05, 3.63) is 39.4 Å². The Morgan fingerprint density at radius 3 is 2.53 bits per heavy atom. The fourth-order valence-corrected chi connectivity index (χ4v) is 1.97. The first kappa shape index (κ1) is 10.1. The van der Waals surface area contributed by atoms with E-state index in [9.17, 15) is 9.59 Å². The van der Waals surface area contributed by atoms with Crippen molar-refractivity contribution in [3.8, 4) is 0 Å². The number of benzene rings is 1. The number of nitrogens with two attached hydrogens (primary N) is 1. The highest BCUT2D eigenvalue weighted by Gasteiger charge is 2.29. The maximum Gasteiger partial charge on any atom is 0.203 e. The Morgan fingerprint density at radius 2 is 1.87 bits per heavy atom. The first-order valence-electron chi connectivity index (χ1n) is 4.38. The zero-order valence-corrected chi connectivity index (χ0v) is 9.59. The van der Waals surface area contributed by atoms with Gasteiger partial charge in [-0.2, -0.15) is 0 Å². The van der Waals surface area contributed by atoms with Gasteiger partial charge in [-0.3, -0.25) is 9.59 Å². The van der Waals surface area contributed by atoms with Gasteiger partial charge in [-0.05, 0) is 28.9 Å². The Labute approximate surface area is 95.1 Å². The van der Waals surface area contributed by atoms with Crippen LogP contribution in [0.15, 0.2) is 28.3 Å². The van der Waals surface area contributed by atoms with Crippen LogP contribution in [0, 0.1) is 0 Å². The van der Waals surface area contributed by atoms with Crippen LogP contribution >= 0.6 is 15.9 Å². The number of carbonyl (C=O) groups is 2. The highest BCUT2D eigenvalue weighted by molar-refractivity contribution is 9.12. The molecule has 0 amide bonds. The molecule has 0 atom stereocenters. The Hall–Kier alpha value is -1.42. The third-order valence-corrected chi connectivity index (χ3v) is 3.39. The summed E-state index contributed by atoms with van der Waals surface area (Å²) in [5.41, 5.74) is 7.15. The van der Waals surface area contributed by atoms with E-state index in [0.29, 0.717) is 26.9 Å². The summed E-state index contributed by atoms with van der Waals surface area (Å²) in [7, 11) is 0. The quantitative estimate of drug-likeness (QED) is 0.733. The van der Waals surface area contributed by atoms with Gasteiger partial charge in [-0.25, -0.2) is 0 Å². The maximum atomic E-state index is 11.9. The van der Waals surface area contributed by atoms with Crippen LogP contribution in [-0.4, -0.2) is 11.6 Å². The van der Waals surface area contributed by atoms with Gasteiger partial charge in [0.2, 0.25) is 5.78 Å². The second-order valence-electron chi connectivity index (χ2n) is 3.37. The minimum atomic E-state index is -0.222. The second kappa shape index (κ2) is 3.31. The van der Waals surface area contributed by atoms with Gasteiger partial charge in [0.05, 0.1) is 10.0 Å². The van der Waals surface area contributed by atoms with Crippen LogP contribution in [0.2, 0.25) is 0 Å². The molecule has 1 aromatic rings. The molecule has 0 heterocycles. The van der Waals surface area contributed by atoms with E-state index < -0.39 is 0 Å². The van der Waals surface area contributed by atoms with Crippen molar-refractivity contribution in [2.75, 3.05) is 5.73 Å². The Balaban J connectivity index is 2.79. The molecule has 2 rings (SSSR count). The average Bonchev–Trinajstić information content (AvgIpc) is 2.23. The SMILES string of the molecule is CC1=C(Br)C(=O)c2c(N)cccc2C1=O. The fourth-order valence-electron chi connectivity index (χ4n) is 1.59. The number of anilines is 1. The van der Waals surface area contributed by atoms with Crippen LogP contribution in [0.1, 0.15) is 27.6 Å². The molecule has 0 saturated carbocycles. The molecule has 2 N–H and O–H groups in total. The van der Waals surface area contributed by atoms with Crippen molar-refractivity contribution in [3.63, 3.8) is 0 Å². The van der Waals surface area contributed by atoms with Gasteiger partial charge >= 0.3 is 0 Å². The van der Waals surface area contributed by atoms with Crippen molar-refractivity contribution in [1.29, 1.82) is 0 Å². The molecule has 0 aliphatic heterocycles. The predicted molar refractivity (Wildman–Crippen MR) is 61.1 cm³/mol. The molecule has 0 unspecified atom stereocenters. The number of hydrogen-bond donors (Lipinski definition) is 1. The second-order valence-corrected chi connectivity index (χ2v) is 4.16. The molecule has 0 aromatic heterocycles. The predicted octanol–water partition coefficient (Wildman–Crippen LogP) is 2.32. The molecule has 0 spiro atoms. The minimum absolute atomic E-state index is 0.149. The zero-order chi connectivity index (χ0) is 11.2. The van der Waals surface area contributed by atoms with Crippen LogP contribution in [0.5, 0.6) is 0 Å². The molecular formula is C11H8BrNO2. The van der Waals surface area contributed by atoms with Crippen LogP contribution in [0.4, 0.5) is 5.69 Å². The Bertz CT molecular complexity index is 517. The molecule has 0 saturated heterocycles. The lowest BCUT2D eigenvalue weighted by atomic mass is 9.89. The zero-order valence-electron chi connectivity index (χ0n) is 8.00. The molecule has 0 radical (unpaired) electrons. The van der Waals surface area contributed by atoms with Crippen molar-refractivity contribution in [2.24, 2.45) is 0 Å². The maximum absolute atomic E-state index is 11.9. The lowest BCUT2D eigenvalue weighted by molar-refractivity contribution is 0.0983. The van der Waals surface area contributed by atoms with Crippen molar-refractivity contribution in [2.45, 2.75) is 6.92 Å². The van der Waals surface area contributed by atoms with Crippen molar-refractivity contribution < 1.29 is 9.59 Å². The summed E-state index contributed by atoms with van der Waals surface area (Å²) >= 11 is 3.12. The van der Waals surface area contributed by atoms with E-state index in [2.05, 4.69) is 15.9 Å². The standard InChI is InChI=1S/C11H8BrNO2/c1-5-9(12)11(15)8-6(10(5)14)3-2-4-7(8)13/h2-4H,13H2,1H3. The van der Waals surface area contributed by atoms with Crippen LogP contribution in [0.25, 0.3) is 0 Å². The highest BCUT2D eigenvalue weighted by atomic mass is 79.9. The number of carbonyl (C=O) groups excluding carboxylic acids is 2. The number of halogens is 1. The van der Waals surface area contributed by atoms with E-state index in [1.807, 2.05) is 0 Å². The lowest BCUT2D eigenvalue weighted by Crippen LogP contribution is -2.19. The molecular weight excluding hydrogens is 258 g/mol. The summed E-state index contributed by atoms with van der Waals surface area (Å²) in [5, 5.41) is 0. The molecule has 4 heteroatoms. The van der Waals surface area contributed by atoms with E-state index in [4.69, 9.17) is 5.73 Å². The van der Waals surface area contributed by atoms with E-state index in [1.54, 1.807) is 25.1 Å². The van der Waals surface area contributed by atoms with Gasteiger partial charge in [-0.1, -0.05) is 12.1 Å². The van der Waals surface area contributed by atoms with Gasteiger partial charge in [0.25, 0.3) is 0 Å². The molecule has 1 aliphatic carbocycles. The molecule has 1 aliphatic rings. The van der Waals surface area contributed by atoms with E-state index >= 15 is 0 Å². The van der Waals surface area contributed by atoms with E-state index in [0.717, 1.165) is 0 Å². The summed E-state index contributed by atoms with van der Waals surface area (Å²) in [5.74, 6) is -0.371. The average molecular weight is 266 g/mol. The molecule has 0 bridgehead atoms. The van der Waals surface area contributed by atoms with Crippen LogP contribution in [-0.2, 0) is 0 Å². The number of allylic oxidation sites excluding steroid dienone is 2. The van der Waals surface area contributed by atoms with Gasteiger partial charge in [0.15, 0.2) is 5.78 Å². The van der Waals surface area contributed by atoms with Gasteiger partial charge < -0.3 is 5.73 Å². The monoisotopic (exact) mass is 265 g/mol. The summed E-state index contributed by atoms with van der Waals surface area (Å²) < 4.78 is 0.304. The van der Waals surface area contributed by atoms with Gasteiger partial charge in [0, 0.05) is 16.8 Å². The summed E-state index contributed by atoms with van der Waals surface area (Å²) in [6, 6.07) is 4.91. The smallest absolute Gasteiger partial charge is 0.203 e.